The van der Waals surface area contributed by atoms with Crippen molar-refractivity contribution in [1.29, 1.82) is 0 Å². The molecular weight excluding hydrogens is 289 g/mol. The number of rotatable bonds is 8. The van der Waals surface area contributed by atoms with Gasteiger partial charge in [-0.3, -0.25) is 9.18 Å². The zero-order chi connectivity index (χ0) is 16.5. The number of unbranched alkanes of at least 4 members (excludes halogenated alkanes) is 2. The van der Waals surface area contributed by atoms with Crippen molar-refractivity contribution in [2.45, 2.75) is 83.1 Å². The lowest BCUT2D eigenvalue weighted by molar-refractivity contribution is -0.117. The summed E-state index contributed by atoms with van der Waals surface area (Å²) in [7, 11) is 0. The molecule has 1 amide bonds. The zero-order valence-corrected chi connectivity index (χ0v) is 14.6. The van der Waals surface area contributed by atoms with E-state index in [1.54, 1.807) is 0 Å². The van der Waals surface area contributed by atoms with E-state index in [0.29, 0.717) is 6.04 Å². The fraction of sp³-hybridized carbons (Fsp3) is 0.850. The molecule has 0 spiro atoms. The molecule has 0 aromatic carbocycles. The van der Waals surface area contributed by atoms with Crippen LogP contribution in [0, 0.1) is 17.8 Å². The van der Waals surface area contributed by atoms with E-state index >= 15 is 0 Å². The van der Waals surface area contributed by atoms with Gasteiger partial charge in [0, 0.05) is 6.04 Å². The molecule has 2 saturated carbocycles. The summed E-state index contributed by atoms with van der Waals surface area (Å²) in [6.07, 6.45) is 16.1. The van der Waals surface area contributed by atoms with E-state index in [2.05, 4.69) is 11.9 Å². The monoisotopic (exact) mass is 323 g/mol. The van der Waals surface area contributed by atoms with Crippen LogP contribution in [-0.4, -0.2) is 18.6 Å². The van der Waals surface area contributed by atoms with E-state index in [1.165, 1.54) is 57.4 Å². The normalized spacial score (nSPS) is 31.5. The van der Waals surface area contributed by atoms with Gasteiger partial charge in [0.05, 0.1) is 6.67 Å². The topological polar surface area (TPSA) is 29.1 Å². The zero-order valence-electron chi connectivity index (χ0n) is 14.6. The number of halogens is 1. The third kappa shape index (κ3) is 6.27. The summed E-state index contributed by atoms with van der Waals surface area (Å²) in [5.74, 6) is 2.66. The molecule has 0 aromatic heterocycles. The first-order chi connectivity index (χ1) is 11.2. The van der Waals surface area contributed by atoms with Crippen molar-refractivity contribution in [3.63, 3.8) is 0 Å². The van der Waals surface area contributed by atoms with Gasteiger partial charge >= 0.3 is 0 Å². The molecule has 2 rings (SSSR count). The molecule has 3 heteroatoms. The van der Waals surface area contributed by atoms with E-state index in [0.717, 1.165) is 43.4 Å². The van der Waals surface area contributed by atoms with Gasteiger partial charge in [-0.2, -0.15) is 0 Å². The Hall–Kier alpha value is -0.860. The summed E-state index contributed by atoms with van der Waals surface area (Å²) in [6, 6.07) is 0.364. The molecule has 0 heterocycles. The maximum Gasteiger partial charge on any atom is 0.243 e. The van der Waals surface area contributed by atoms with Crippen LogP contribution in [0.15, 0.2) is 12.7 Å². The van der Waals surface area contributed by atoms with Gasteiger partial charge in [0.2, 0.25) is 5.91 Å². The van der Waals surface area contributed by atoms with Crippen LogP contribution in [0.4, 0.5) is 4.39 Å². The first-order valence-electron chi connectivity index (χ1n) is 9.71. The smallest absolute Gasteiger partial charge is 0.243 e. The average molecular weight is 323 g/mol. The van der Waals surface area contributed by atoms with Gasteiger partial charge < -0.3 is 5.32 Å². The Bertz CT molecular complexity index is 355. The molecule has 23 heavy (non-hydrogen) atoms. The Morgan fingerprint density at radius 1 is 0.957 bits per heavy atom. The molecule has 2 aliphatic rings. The van der Waals surface area contributed by atoms with Crippen molar-refractivity contribution < 1.29 is 9.18 Å². The van der Waals surface area contributed by atoms with Gasteiger partial charge in [0.1, 0.15) is 0 Å². The van der Waals surface area contributed by atoms with Crippen LogP contribution in [-0.2, 0) is 4.79 Å². The van der Waals surface area contributed by atoms with Crippen molar-refractivity contribution in [3.8, 4) is 0 Å². The summed E-state index contributed by atoms with van der Waals surface area (Å²) in [6.45, 7) is 3.37. The minimum absolute atomic E-state index is 0.0262. The fourth-order valence-electron chi connectivity index (χ4n) is 4.65. The molecule has 0 aromatic rings. The van der Waals surface area contributed by atoms with E-state index in [9.17, 15) is 9.18 Å². The SMILES string of the molecule is C=CC(=O)NC1CCC(C2CCC(CCCCCF)CC2)CC1. The van der Waals surface area contributed by atoms with E-state index in [1.807, 2.05) is 0 Å². The molecule has 0 atom stereocenters. The lowest BCUT2D eigenvalue weighted by Gasteiger charge is -2.38. The highest BCUT2D eigenvalue weighted by molar-refractivity contribution is 5.87. The van der Waals surface area contributed by atoms with Crippen LogP contribution in [0.3, 0.4) is 0 Å². The molecule has 1 N–H and O–H groups in total. The maximum atomic E-state index is 12.1. The van der Waals surface area contributed by atoms with Crippen molar-refractivity contribution in [1.82, 2.24) is 5.32 Å². The first kappa shape index (κ1) is 18.5. The standard InChI is InChI=1S/C20H34FNO/c1-2-20(23)22-19-13-11-18(12-14-19)17-9-7-16(8-10-17)6-4-3-5-15-21/h2,16-19H,1,3-15H2,(H,22,23). The summed E-state index contributed by atoms with van der Waals surface area (Å²) in [4.78, 5) is 11.4. The quantitative estimate of drug-likeness (QED) is 0.484. The van der Waals surface area contributed by atoms with Crippen LogP contribution >= 0.6 is 0 Å². The lowest BCUT2D eigenvalue weighted by atomic mass is 9.69. The van der Waals surface area contributed by atoms with Crippen LogP contribution < -0.4 is 5.32 Å². The van der Waals surface area contributed by atoms with E-state index < -0.39 is 0 Å². The number of carbonyl (C=O) groups excluding carboxylic acids is 1. The second kappa shape index (κ2) is 10.1. The predicted octanol–water partition coefficient (Wildman–Crippen LogP) is 5.18. The highest BCUT2D eigenvalue weighted by Crippen LogP contribution is 2.41. The minimum atomic E-state index is -0.150. The van der Waals surface area contributed by atoms with Gasteiger partial charge in [-0.25, -0.2) is 0 Å². The Kier molecular flexibility index (Phi) is 8.11. The molecule has 2 fully saturated rings. The third-order valence-corrected chi connectivity index (χ3v) is 6.11. The number of carbonyl (C=O) groups is 1. The predicted molar refractivity (Wildman–Crippen MR) is 94.0 cm³/mol. The van der Waals surface area contributed by atoms with Crippen molar-refractivity contribution in [2.24, 2.45) is 17.8 Å². The third-order valence-electron chi connectivity index (χ3n) is 6.11. The largest absolute Gasteiger partial charge is 0.350 e. The van der Waals surface area contributed by atoms with Crippen LogP contribution in [0.1, 0.15) is 77.0 Å². The minimum Gasteiger partial charge on any atom is -0.350 e. The second-order valence-electron chi connectivity index (χ2n) is 7.64. The van der Waals surface area contributed by atoms with Gasteiger partial charge in [0.15, 0.2) is 0 Å². The molecule has 0 unspecified atom stereocenters. The van der Waals surface area contributed by atoms with Gasteiger partial charge in [0.25, 0.3) is 0 Å². The highest BCUT2D eigenvalue weighted by atomic mass is 19.1. The van der Waals surface area contributed by atoms with Crippen LogP contribution in [0.5, 0.6) is 0 Å². The first-order valence-corrected chi connectivity index (χ1v) is 9.71. The van der Waals surface area contributed by atoms with Crippen molar-refractivity contribution >= 4 is 5.91 Å². The Balaban J connectivity index is 1.61. The summed E-state index contributed by atoms with van der Waals surface area (Å²) in [5.41, 5.74) is 0. The molecule has 0 radical (unpaired) electrons. The van der Waals surface area contributed by atoms with Gasteiger partial charge in [-0.05, 0) is 68.8 Å². The van der Waals surface area contributed by atoms with E-state index in [-0.39, 0.29) is 12.6 Å². The Morgan fingerprint density at radius 3 is 2.13 bits per heavy atom. The fourth-order valence-corrected chi connectivity index (χ4v) is 4.65. The molecular formula is C20H34FNO. The lowest BCUT2D eigenvalue weighted by Crippen LogP contribution is -2.38. The second-order valence-corrected chi connectivity index (χ2v) is 7.64. The highest BCUT2D eigenvalue weighted by Gasteiger charge is 2.30. The molecule has 132 valence electrons. The summed E-state index contributed by atoms with van der Waals surface area (Å²) < 4.78 is 12.1. The Morgan fingerprint density at radius 2 is 1.57 bits per heavy atom. The van der Waals surface area contributed by atoms with Gasteiger partial charge in [-0.1, -0.05) is 38.7 Å². The molecule has 2 nitrogen and oxygen atoms in total. The number of hydrogen-bond donors (Lipinski definition) is 1. The summed E-state index contributed by atoms with van der Waals surface area (Å²) in [5, 5.41) is 3.05. The molecule has 0 bridgehead atoms. The number of hydrogen-bond acceptors (Lipinski definition) is 1. The molecule has 0 saturated heterocycles. The Labute approximate surface area is 141 Å². The number of amides is 1. The molecule has 2 aliphatic carbocycles. The number of alkyl halides is 1. The number of nitrogens with one attached hydrogen (secondary N) is 1. The van der Waals surface area contributed by atoms with Crippen LogP contribution in [0.2, 0.25) is 0 Å². The molecule has 0 aliphatic heterocycles. The van der Waals surface area contributed by atoms with Crippen molar-refractivity contribution in [2.75, 3.05) is 6.67 Å². The van der Waals surface area contributed by atoms with Crippen LogP contribution in [0.25, 0.3) is 0 Å². The average Bonchev–Trinajstić information content (AvgIpc) is 2.60. The van der Waals surface area contributed by atoms with E-state index in [4.69, 9.17) is 0 Å². The van der Waals surface area contributed by atoms with Crippen molar-refractivity contribution in [3.05, 3.63) is 12.7 Å². The maximum absolute atomic E-state index is 12.1. The van der Waals surface area contributed by atoms with Gasteiger partial charge in [-0.15, -0.1) is 0 Å². The summed E-state index contributed by atoms with van der Waals surface area (Å²) >= 11 is 0.